The van der Waals surface area contributed by atoms with Crippen molar-refractivity contribution in [1.82, 2.24) is 15.1 Å². The summed E-state index contributed by atoms with van der Waals surface area (Å²) < 4.78 is 13.0. The Kier molecular flexibility index (Phi) is 6.30. The molecule has 0 saturated carbocycles. The van der Waals surface area contributed by atoms with Crippen LogP contribution in [0.15, 0.2) is 48.5 Å². The second kappa shape index (κ2) is 9.30. The molecule has 32 heavy (non-hydrogen) atoms. The van der Waals surface area contributed by atoms with Gasteiger partial charge in [-0.1, -0.05) is 24.3 Å². The maximum Gasteiger partial charge on any atom is 0.261 e. The van der Waals surface area contributed by atoms with Crippen molar-refractivity contribution in [1.29, 1.82) is 0 Å². The van der Waals surface area contributed by atoms with Crippen molar-refractivity contribution in [3.05, 3.63) is 71.0 Å². The zero-order chi connectivity index (χ0) is 22.7. The van der Waals surface area contributed by atoms with E-state index in [1.807, 2.05) is 0 Å². The van der Waals surface area contributed by atoms with Crippen LogP contribution in [0.2, 0.25) is 0 Å². The Morgan fingerprint density at radius 1 is 1.00 bits per heavy atom. The number of halogens is 1. The Bertz CT molecular complexity index is 1020. The molecule has 4 amide bonds. The molecule has 1 unspecified atom stereocenters. The van der Waals surface area contributed by atoms with Gasteiger partial charge in [0.05, 0.1) is 11.1 Å². The summed E-state index contributed by atoms with van der Waals surface area (Å²) in [4.78, 5) is 52.0. The molecule has 2 aromatic carbocycles. The van der Waals surface area contributed by atoms with E-state index in [9.17, 15) is 23.6 Å². The van der Waals surface area contributed by atoms with E-state index < -0.39 is 0 Å². The fourth-order valence-corrected chi connectivity index (χ4v) is 4.14. The monoisotopic (exact) mass is 437 g/mol. The van der Waals surface area contributed by atoms with Gasteiger partial charge in [0.25, 0.3) is 11.8 Å². The van der Waals surface area contributed by atoms with Gasteiger partial charge < -0.3 is 10.2 Å². The summed E-state index contributed by atoms with van der Waals surface area (Å²) in [5, 5.41) is 2.85. The van der Waals surface area contributed by atoms with Crippen LogP contribution in [-0.2, 0) is 16.1 Å². The highest BCUT2D eigenvalue weighted by molar-refractivity contribution is 6.21. The SMILES string of the molecule is O=C(CCCN1C(=O)c2ccccc2C1=O)NCC1CC(=O)N(Cc2ccc(F)cc2)C1. The lowest BCUT2D eigenvalue weighted by Crippen LogP contribution is -2.33. The van der Waals surface area contributed by atoms with E-state index in [4.69, 9.17) is 0 Å². The van der Waals surface area contributed by atoms with Gasteiger partial charge >= 0.3 is 0 Å². The first kappa shape index (κ1) is 21.7. The number of amides is 4. The first-order valence-electron chi connectivity index (χ1n) is 10.7. The minimum absolute atomic E-state index is 0.0131. The van der Waals surface area contributed by atoms with E-state index in [0.29, 0.717) is 43.6 Å². The molecule has 2 heterocycles. The molecular formula is C24H24FN3O4. The fraction of sp³-hybridized carbons (Fsp3) is 0.333. The molecule has 2 aromatic rings. The Morgan fingerprint density at radius 2 is 1.66 bits per heavy atom. The molecule has 0 aromatic heterocycles. The number of likely N-dealkylation sites (tertiary alicyclic amines) is 1. The normalized spacial score (nSPS) is 17.8. The van der Waals surface area contributed by atoms with Crippen LogP contribution in [0.25, 0.3) is 0 Å². The van der Waals surface area contributed by atoms with E-state index in [1.54, 1.807) is 41.3 Å². The van der Waals surface area contributed by atoms with Crippen molar-refractivity contribution in [2.75, 3.05) is 19.6 Å². The third-order valence-electron chi connectivity index (χ3n) is 5.83. The lowest BCUT2D eigenvalue weighted by atomic mass is 10.1. The topological polar surface area (TPSA) is 86.8 Å². The highest BCUT2D eigenvalue weighted by Crippen LogP contribution is 2.23. The largest absolute Gasteiger partial charge is 0.356 e. The van der Waals surface area contributed by atoms with Crippen molar-refractivity contribution in [2.24, 2.45) is 5.92 Å². The van der Waals surface area contributed by atoms with Crippen molar-refractivity contribution < 1.29 is 23.6 Å². The summed E-state index contributed by atoms with van der Waals surface area (Å²) in [6.07, 6.45) is 0.918. The minimum atomic E-state index is -0.322. The number of hydrogen-bond acceptors (Lipinski definition) is 4. The van der Waals surface area contributed by atoms with E-state index >= 15 is 0 Å². The first-order valence-corrected chi connectivity index (χ1v) is 10.7. The van der Waals surface area contributed by atoms with Crippen molar-refractivity contribution in [3.8, 4) is 0 Å². The molecule has 166 valence electrons. The molecule has 1 saturated heterocycles. The molecule has 1 atom stereocenters. The number of imide groups is 1. The maximum absolute atomic E-state index is 13.0. The van der Waals surface area contributed by atoms with Crippen LogP contribution in [0.4, 0.5) is 4.39 Å². The molecular weight excluding hydrogens is 413 g/mol. The number of carbonyl (C=O) groups excluding carboxylic acids is 4. The van der Waals surface area contributed by atoms with Crippen LogP contribution in [-0.4, -0.2) is 53.1 Å². The van der Waals surface area contributed by atoms with Gasteiger partial charge in [-0.3, -0.25) is 24.1 Å². The third-order valence-corrected chi connectivity index (χ3v) is 5.83. The van der Waals surface area contributed by atoms with Gasteiger partial charge in [-0.25, -0.2) is 4.39 Å². The fourth-order valence-electron chi connectivity index (χ4n) is 4.14. The maximum atomic E-state index is 13.0. The zero-order valence-electron chi connectivity index (χ0n) is 17.6. The average molecular weight is 437 g/mol. The Morgan fingerprint density at radius 3 is 2.31 bits per heavy atom. The number of benzene rings is 2. The van der Waals surface area contributed by atoms with E-state index in [1.165, 1.54) is 17.0 Å². The number of nitrogens with zero attached hydrogens (tertiary/aromatic N) is 2. The second-order valence-electron chi connectivity index (χ2n) is 8.19. The second-order valence-corrected chi connectivity index (χ2v) is 8.19. The molecule has 7 nitrogen and oxygen atoms in total. The Labute approximate surface area is 185 Å². The van der Waals surface area contributed by atoms with Crippen molar-refractivity contribution in [3.63, 3.8) is 0 Å². The van der Waals surface area contributed by atoms with Crippen LogP contribution in [0.3, 0.4) is 0 Å². The summed E-state index contributed by atoms with van der Waals surface area (Å²) in [5.74, 6) is -1.10. The number of rotatable bonds is 8. The number of hydrogen-bond donors (Lipinski definition) is 1. The molecule has 2 aliphatic heterocycles. The average Bonchev–Trinajstić information content (AvgIpc) is 3.26. The van der Waals surface area contributed by atoms with E-state index in [2.05, 4.69) is 5.32 Å². The number of fused-ring (bicyclic) bond motifs is 1. The van der Waals surface area contributed by atoms with Crippen LogP contribution in [0.1, 0.15) is 45.5 Å². The van der Waals surface area contributed by atoms with Crippen molar-refractivity contribution >= 4 is 23.6 Å². The molecule has 0 radical (unpaired) electrons. The third kappa shape index (κ3) is 4.69. The Balaban J connectivity index is 1.18. The molecule has 4 rings (SSSR count). The zero-order valence-corrected chi connectivity index (χ0v) is 17.6. The predicted octanol–water partition coefficient (Wildman–Crippen LogP) is 2.37. The van der Waals surface area contributed by atoms with E-state index in [0.717, 1.165) is 5.56 Å². The minimum Gasteiger partial charge on any atom is -0.356 e. The van der Waals surface area contributed by atoms with Gasteiger partial charge in [0.15, 0.2) is 0 Å². The number of nitrogens with one attached hydrogen (secondary N) is 1. The van der Waals surface area contributed by atoms with Crippen LogP contribution < -0.4 is 5.32 Å². The standard InChI is InChI=1S/C24H24FN3O4/c25-18-9-7-16(8-10-18)14-27-15-17(12-22(27)30)13-26-21(29)6-3-11-28-23(31)19-4-1-2-5-20(19)24(28)32/h1-2,4-5,7-10,17H,3,6,11-15H2,(H,26,29). The van der Waals surface area contributed by atoms with Crippen LogP contribution in [0.5, 0.6) is 0 Å². The van der Waals surface area contributed by atoms with Gasteiger partial charge in [0, 0.05) is 44.9 Å². The van der Waals surface area contributed by atoms with Crippen LogP contribution in [0, 0.1) is 11.7 Å². The van der Waals surface area contributed by atoms with Gasteiger partial charge in [-0.2, -0.15) is 0 Å². The van der Waals surface area contributed by atoms with Gasteiger partial charge in [-0.05, 0) is 36.2 Å². The summed E-state index contributed by atoms with van der Waals surface area (Å²) in [6.45, 7) is 1.53. The predicted molar refractivity (Wildman–Crippen MR) is 114 cm³/mol. The first-order chi connectivity index (χ1) is 15.4. The smallest absolute Gasteiger partial charge is 0.261 e. The number of carbonyl (C=O) groups is 4. The molecule has 0 aliphatic carbocycles. The summed E-state index contributed by atoms with van der Waals surface area (Å²) in [6, 6.07) is 12.8. The van der Waals surface area contributed by atoms with Gasteiger partial charge in [-0.15, -0.1) is 0 Å². The van der Waals surface area contributed by atoms with Crippen molar-refractivity contribution in [2.45, 2.75) is 25.8 Å². The molecule has 0 bridgehead atoms. The summed E-state index contributed by atoms with van der Waals surface area (Å²) >= 11 is 0. The molecule has 1 N–H and O–H groups in total. The molecule has 0 spiro atoms. The lowest BCUT2D eigenvalue weighted by molar-refractivity contribution is -0.128. The highest BCUT2D eigenvalue weighted by atomic mass is 19.1. The summed E-state index contributed by atoms with van der Waals surface area (Å²) in [5.41, 5.74) is 1.66. The quantitative estimate of drug-likeness (QED) is 0.643. The Hall–Kier alpha value is -3.55. The molecule has 8 heteroatoms. The van der Waals surface area contributed by atoms with E-state index in [-0.39, 0.29) is 48.3 Å². The van der Waals surface area contributed by atoms with Gasteiger partial charge in [0.2, 0.25) is 11.8 Å². The van der Waals surface area contributed by atoms with Gasteiger partial charge in [0.1, 0.15) is 5.82 Å². The highest BCUT2D eigenvalue weighted by Gasteiger charge is 2.34. The lowest BCUT2D eigenvalue weighted by Gasteiger charge is -2.17. The summed E-state index contributed by atoms with van der Waals surface area (Å²) in [7, 11) is 0. The van der Waals surface area contributed by atoms with Crippen LogP contribution >= 0.6 is 0 Å². The molecule has 1 fully saturated rings. The molecule has 2 aliphatic rings.